The molecule has 0 aliphatic carbocycles. The van der Waals surface area contributed by atoms with E-state index in [0.29, 0.717) is 25.6 Å². The molecule has 2 heterocycles. The molecule has 2 aromatic rings. The number of carbonyl (C=O) groups excluding carboxylic acids is 2. The highest BCUT2D eigenvalue weighted by Crippen LogP contribution is 2.25. The summed E-state index contributed by atoms with van der Waals surface area (Å²) < 4.78 is 12.6. The summed E-state index contributed by atoms with van der Waals surface area (Å²) in [4.78, 5) is 27.0. The lowest BCUT2D eigenvalue weighted by Gasteiger charge is -2.32. The number of hydrogen-bond donors (Lipinski definition) is 1. The Morgan fingerprint density at radius 3 is 2.28 bits per heavy atom. The summed E-state index contributed by atoms with van der Waals surface area (Å²) in [5.41, 5.74) is 3.20. The van der Waals surface area contributed by atoms with E-state index in [4.69, 9.17) is 9.47 Å². The van der Waals surface area contributed by atoms with Crippen LogP contribution in [0, 0.1) is 19.8 Å². The van der Waals surface area contributed by atoms with E-state index in [2.05, 4.69) is 9.88 Å². The number of rotatable bonds is 5. The first-order valence-corrected chi connectivity index (χ1v) is 11.2. The molecule has 1 fully saturated rings. The number of ether oxygens (including phenoxy) is 2. The fraction of sp³-hybridized carbons (Fsp3) is 0.520. The molecule has 1 N–H and O–H groups in total. The fourth-order valence-corrected chi connectivity index (χ4v) is 4.16. The second kappa shape index (κ2) is 9.67. The SMILES string of the molecule is COc1ccc(-n2c(C)cc(C(=O)N3CCC(CNC(=O)OC(C)(C)C)CC3)c2C)cc1. The van der Waals surface area contributed by atoms with Crippen LogP contribution in [0.25, 0.3) is 5.69 Å². The molecule has 0 spiro atoms. The van der Waals surface area contributed by atoms with E-state index in [9.17, 15) is 9.59 Å². The van der Waals surface area contributed by atoms with Crippen molar-refractivity contribution in [1.29, 1.82) is 0 Å². The van der Waals surface area contributed by atoms with Gasteiger partial charge < -0.3 is 24.3 Å². The number of nitrogens with zero attached hydrogens (tertiary/aromatic N) is 2. The molecule has 2 amide bonds. The van der Waals surface area contributed by atoms with Crippen molar-refractivity contribution in [2.24, 2.45) is 5.92 Å². The van der Waals surface area contributed by atoms with Crippen LogP contribution < -0.4 is 10.1 Å². The second-order valence-electron chi connectivity index (χ2n) is 9.44. The molecule has 1 saturated heterocycles. The summed E-state index contributed by atoms with van der Waals surface area (Å²) in [7, 11) is 1.65. The quantitative estimate of drug-likeness (QED) is 0.743. The minimum atomic E-state index is -0.502. The third-order valence-electron chi connectivity index (χ3n) is 5.83. The maximum absolute atomic E-state index is 13.3. The minimum absolute atomic E-state index is 0.0661. The van der Waals surface area contributed by atoms with Crippen LogP contribution in [0.15, 0.2) is 30.3 Å². The molecule has 1 aliphatic rings. The van der Waals surface area contributed by atoms with Crippen LogP contribution >= 0.6 is 0 Å². The fourth-order valence-electron chi connectivity index (χ4n) is 4.16. The zero-order chi connectivity index (χ0) is 23.5. The summed E-state index contributed by atoms with van der Waals surface area (Å²) in [5.74, 6) is 1.21. The monoisotopic (exact) mass is 441 g/mol. The molecule has 0 atom stereocenters. The first-order valence-electron chi connectivity index (χ1n) is 11.2. The molecule has 0 radical (unpaired) electrons. The van der Waals surface area contributed by atoms with Crippen molar-refractivity contribution in [2.45, 2.75) is 53.1 Å². The van der Waals surface area contributed by atoms with Crippen molar-refractivity contribution in [3.05, 3.63) is 47.3 Å². The molecule has 0 bridgehead atoms. The molecule has 3 rings (SSSR count). The first-order chi connectivity index (χ1) is 15.1. The standard InChI is InChI=1S/C25H35N3O4/c1-17-15-22(18(2)28(17)20-7-9-21(31-6)10-8-20)23(29)27-13-11-19(12-14-27)16-26-24(30)32-25(3,4)5/h7-10,15,19H,11-14,16H2,1-6H3,(H,26,30). The Kier molecular flexibility index (Phi) is 7.16. The third-order valence-corrected chi connectivity index (χ3v) is 5.83. The van der Waals surface area contributed by atoms with Crippen molar-refractivity contribution in [1.82, 2.24) is 14.8 Å². The van der Waals surface area contributed by atoms with Crippen LogP contribution in [0.3, 0.4) is 0 Å². The van der Waals surface area contributed by atoms with Gasteiger partial charge in [-0.3, -0.25) is 4.79 Å². The van der Waals surface area contributed by atoms with Crippen molar-refractivity contribution >= 4 is 12.0 Å². The Morgan fingerprint density at radius 1 is 1.09 bits per heavy atom. The van der Waals surface area contributed by atoms with Gasteiger partial charge in [0.1, 0.15) is 11.4 Å². The van der Waals surface area contributed by atoms with Crippen LogP contribution in [0.2, 0.25) is 0 Å². The van der Waals surface area contributed by atoms with Crippen molar-refractivity contribution in [3.8, 4) is 11.4 Å². The molecule has 1 aromatic heterocycles. The summed E-state index contributed by atoms with van der Waals surface area (Å²) >= 11 is 0. The summed E-state index contributed by atoms with van der Waals surface area (Å²) in [6.07, 6.45) is 1.33. The molecule has 7 heteroatoms. The van der Waals surface area contributed by atoms with Gasteiger partial charge in [0.2, 0.25) is 0 Å². The van der Waals surface area contributed by atoms with Crippen molar-refractivity contribution in [2.75, 3.05) is 26.7 Å². The Labute approximate surface area is 190 Å². The summed E-state index contributed by atoms with van der Waals surface area (Å²) in [5, 5.41) is 2.85. The van der Waals surface area contributed by atoms with Crippen LogP contribution in [0.4, 0.5) is 4.79 Å². The molecule has 0 saturated carbocycles. The number of carbonyl (C=O) groups is 2. The zero-order valence-corrected chi connectivity index (χ0v) is 20.0. The Bertz CT molecular complexity index is 949. The smallest absolute Gasteiger partial charge is 0.407 e. The molecule has 174 valence electrons. The van der Waals surface area contributed by atoms with Gasteiger partial charge >= 0.3 is 6.09 Å². The molecule has 7 nitrogen and oxygen atoms in total. The van der Waals surface area contributed by atoms with Gasteiger partial charge in [0, 0.05) is 36.7 Å². The molecular weight excluding hydrogens is 406 g/mol. The highest BCUT2D eigenvalue weighted by atomic mass is 16.6. The Morgan fingerprint density at radius 2 is 1.72 bits per heavy atom. The zero-order valence-electron chi connectivity index (χ0n) is 20.0. The summed E-state index contributed by atoms with van der Waals surface area (Å²) in [6, 6.07) is 9.81. The van der Waals surface area contributed by atoms with Crippen LogP contribution in [0.5, 0.6) is 5.75 Å². The number of amides is 2. The molecule has 32 heavy (non-hydrogen) atoms. The maximum Gasteiger partial charge on any atom is 0.407 e. The molecule has 0 unspecified atom stereocenters. The topological polar surface area (TPSA) is 72.8 Å². The molecular formula is C25H35N3O4. The number of aryl methyl sites for hydroxylation is 1. The van der Waals surface area contributed by atoms with Crippen molar-refractivity contribution in [3.63, 3.8) is 0 Å². The highest BCUT2D eigenvalue weighted by molar-refractivity contribution is 5.96. The number of nitrogens with one attached hydrogen (secondary N) is 1. The predicted octanol–water partition coefficient (Wildman–Crippen LogP) is 4.48. The van der Waals surface area contributed by atoms with Crippen LogP contribution in [-0.2, 0) is 4.74 Å². The maximum atomic E-state index is 13.3. The average molecular weight is 442 g/mol. The van der Waals surface area contributed by atoms with Gasteiger partial charge in [0.05, 0.1) is 12.7 Å². The van der Waals surface area contributed by atoms with E-state index in [1.807, 2.05) is 69.9 Å². The van der Waals surface area contributed by atoms with Gasteiger partial charge in [0.25, 0.3) is 5.91 Å². The third kappa shape index (κ3) is 5.64. The Balaban J connectivity index is 1.60. The van der Waals surface area contributed by atoms with E-state index in [1.165, 1.54) is 0 Å². The number of hydrogen-bond acceptors (Lipinski definition) is 4. The van der Waals surface area contributed by atoms with Gasteiger partial charge in [-0.25, -0.2) is 4.79 Å². The largest absolute Gasteiger partial charge is 0.497 e. The van der Waals surface area contributed by atoms with Gasteiger partial charge in [0.15, 0.2) is 0 Å². The van der Waals surface area contributed by atoms with E-state index >= 15 is 0 Å². The predicted molar refractivity (Wildman–Crippen MR) is 125 cm³/mol. The van der Waals surface area contributed by atoms with E-state index in [0.717, 1.165) is 41.2 Å². The lowest BCUT2D eigenvalue weighted by atomic mass is 9.96. The average Bonchev–Trinajstić information content (AvgIpc) is 3.05. The van der Waals surface area contributed by atoms with Gasteiger partial charge in [-0.1, -0.05) is 0 Å². The van der Waals surface area contributed by atoms with Gasteiger partial charge in [-0.05, 0) is 83.7 Å². The molecule has 1 aromatic carbocycles. The van der Waals surface area contributed by atoms with E-state index in [-0.39, 0.29) is 12.0 Å². The van der Waals surface area contributed by atoms with Crippen molar-refractivity contribution < 1.29 is 19.1 Å². The van der Waals surface area contributed by atoms with Gasteiger partial charge in [-0.15, -0.1) is 0 Å². The number of likely N-dealkylation sites (tertiary alicyclic amines) is 1. The van der Waals surface area contributed by atoms with E-state index in [1.54, 1.807) is 7.11 Å². The lowest BCUT2D eigenvalue weighted by molar-refractivity contribution is 0.0500. The molecule has 1 aliphatic heterocycles. The Hall–Kier alpha value is -2.96. The highest BCUT2D eigenvalue weighted by Gasteiger charge is 2.27. The number of methoxy groups -OCH3 is 1. The number of alkyl carbamates (subject to hydrolysis) is 1. The normalized spacial score (nSPS) is 14.9. The minimum Gasteiger partial charge on any atom is -0.497 e. The van der Waals surface area contributed by atoms with Gasteiger partial charge in [-0.2, -0.15) is 0 Å². The second-order valence-corrected chi connectivity index (χ2v) is 9.44. The number of aromatic nitrogens is 1. The summed E-state index contributed by atoms with van der Waals surface area (Å²) in [6.45, 7) is 11.5. The number of piperidine rings is 1. The first kappa shape index (κ1) is 23.7. The van der Waals surface area contributed by atoms with Crippen LogP contribution in [-0.4, -0.2) is 53.8 Å². The van der Waals surface area contributed by atoms with E-state index < -0.39 is 5.60 Å². The lowest BCUT2D eigenvalue weighted by Crippen LogP contribution is -2.42. The van der Waals surface area contributed by atoms with Crippen LogP contribution in [0.1, 0.15) is 55.4 Å². The number of benzene rings is 1.